The second-order valence-electron chi connectivity index (χ2n) is 6.58. The number of nitrogens with zero attached hydrogens (tertiary/aromatic N) is 3. The maximum absolute atomic E-state index is 12.1. The van der Waals surface area contributed by atoms with Gasteiger partial charge in [0.1, 0.15) is 6.54 Å². The second-order valence-corrected chi connectivity index (χ2v) is 6.58. The zero-order valence-corrected chi connectivity index (χ0v) is 12.5. The molecule has 0 spiro atoms. The molecule has 6 heteroatoms. The van der Waals surface area contributed by atoms with Crippen molar-refractivity contribution in [2.75, 3.05) is 6.61 Å². The van der Waals surface area contributed by atoms with E-state index in [0.29, 0.717) is 18.0 Å². The van der Waals surface area contributed by atoms with E-state index in [2.05, 4.69) is 22.6 Å². The number of aliphatic hydroxyl groups excluding tert-OH is 1. The highest BCUT2D eigenvalue weighted by Gasteiger charge is 2.42. The summed E-state index contributed by atoms with van der Waals surface area (Å²) < 4.78 is 1.54. The smallest absolute Gasteiger partial charge is 0.242 e. The Morgan fingerprint density at radius 3 is 3.05 bits per heavy atom. The molecule has 4 unspecified atom stereocenters. The number of hydrogen-bond donors (Lipinski definition) is 2. The normalized spacial score (nSPS) is 28.8. The average Bonchev–Trinajstić information content (AvgIpc) is 3.15. The second kappa shape index (κ2) is 6.13. The summed E-state index contributed by atoms with van der Waals surface area (Å²) in [6, 6.07) is 0.244. The lowest BCUT2D eigenvalue weighted by atomic mass is 9.84. The molecule has 0 aliphatic heterocycles. The summed E-state index contributed by atoms with van der Waals surface area (Å²) in [5.74, 6) is 2.35. The van der Waals surface area contributed by atoms with Crippen molar-refractivity contribution in [3.8, 4) is 0 Å². The van der Waals surface area contributed by atoms with Crippen LogP contribution in [0.1, 0.15) is 38.3 Å². The minimum atomic E-state index is -0.00859. The van der Waals surface area contributed by atoms with Crippen LogP contribution in [-0.2, 0) is 17.8 Å². The van der Waals surface area contributed by atoms with E-state index in [1.807, 2.05) is 0 Å². The summed E-state index contributed by atoms with van der Waals surface area (Å²) in [6.45, 7) is 2.37. The fraction of sp³-hybridized carbons (Fsp3) is 0.800. The molecule has 2 aliphatic rings. The molecule has 1 aromatic rings. The molecule has 2 fully saturated rings. The van der Waals surface area contributed by atoms with Crippen molar-refractivity contribution in [2.45, 2.75) is 51.6 Å². The molecular weight excluding hydrogens is 268 g/mol. The summed E-state index contributed by atoms with van der Waals surface area (Å²) in [5, 5.41) is 19.8. The molecule has 2 saturated carbocycles. The Kier molecular flexibility index (Phi) is 4.24. The third-order valence-corrected chi connectivity index (χ3v) is 5.08. The lowest BCUT2D eigenvalue weighted by Crippen LogP contribution is -2.41. The van der Waals surface area contributed by atoms with Crippen LogP contribution in [0.5, 0.6) is 0 Å². The Labute approximate surface area is 124 Å². The van der Waals surface area contributed by atoms with E-state index in [0.717, 1.165) is 11.8 Å². The van der Waals surface area contributed by atoms with Crippen molar-refractivity contribution < 1.29 is 9.90 Å². The first-order chi connectivity index (χ1) is 10.2. The fourth-order valence-corrected chi connectivity index (χ4v) is 4.10. The maximum atomic E-state index is 12.1. The van der Waals surface area contributed by atoms with Crippen LogP contribution in [0.3, 0.4) is 0 Å². The molecule has 116 valence electrons. The number of fused-ring (bicyclic) bond motifs is 2. The molecule has 1 aromatic heterocycles. The van der Waals surface area contributed by atoms with Gasteiger partial charge in [0.05, 0.1) is 5.69 Å². The van der Waals surface area contributed by atoms with E-state index in [9.17, 15) is 4.79 Å². The molecular formula is C15H24N4O2. The Morgan fingerprint density at radius 1 is 1.52 bits per heavy atom. The van der Waals surface area contributed by atoms with Crippen LogP contribution in [0.25, 0.3) is 0 Å². The van der Waals surface area contributed by atoms with E-state index in [1.54, 1.807) is 6.20 Å². The molecule has 0 saturated heterocycles. The standard InChI is InChI=1S/C15H24N4O2/c1-10(14-7-11-2-3-12(14)6-11)16-15(21)9-19-8-13(4-5-20)17-18-19/h8,10-12,14,20H,2-7,9H2,1H3,(H,16,21). The molecule has 4 atom stereocenters. The lowest BCUT2D eigenvalue weighted by molar-refractivity contribution is -0.123. The van der Waals surface area contributed by atoms with Gasteiger partial charge in [-0.05, 0) is 43.9 Å². The number of hydrogen-bond acceptors (Lipinski definition) is 4. The van der Waals surface area contributed by atoms with E-state index in [4.69, 9.17) is 5.11 Å². The Balaban J connectivity index is 1.49. The Bertz CT molecular complexity index is 502. The van der Waals surface area contributed by atoms with Gasteiger partial charge in [-0.15, -0.1) is 5.10 Å². The number of aliphatic hydroxyl groups is 1. The molecule has 3 rings (SSSR count). The van der Waals surface area contributed by atoms with Crippen molar-refractivity contribution in [3.63, 3.8) is 0 Å². The van der Waals surface area contributed by atoms with Gasteiger partial charge >= 0.3 is 0 Å². The van der Waals surface area contributed by atoms with Gasteiger partial charge in [-0.1, -0.05) is 11.6 Å². The van der Waals surface area contributed by atoms with Gasteiger partial charge in [-0.3, -0.25) is 4.79 Å². The zero-order valence-electron chi connectivity index (χ0n) is 12.5. The molecule has 1 heterocycles. The van der Waals surface area contributed by atoms with E-state index < -0.39 is 0 Å². The predicted octanol–water partition coefficient (Wildman–Crippen LogP) is 0.754. The molecule has 0 aromatic carbocycles. The molecule has 0 radical (unpaired) electrons. The Morgan fingerprint density at radius 2 is 2.38 bits per heavy atom. The van der Waals surface area contributed by atoms with Crippen molar-refractivity contribution in [1.82, 2.24) is 20.3 Å². The number of carbonyl (C=O) groups excluding carboxylic acids is 1. The first-order valence-corrected chi connectivity index (χ1v) is 7.95. The first-order valence-electron chi connectivity index (χ1n) is 7.95. The number of carbonyl (C=O) groups is 1. The molecule has 6 nitrogen and oxygen atoms in total. The van der Waals surface area contributed by atoms with Crippen LogP contribution in [0.2, 0.25) is 0 Å². The van der Waals surface area contributed by atoms with Crippen LogP contribution in [0.4, 0.5) is 0 Å². The van der Waals surface area contributed by atoms with Crippen LogP contribution in [-0.4, -0.2) is 38.7 Å². The highest BCUT2D eigenvalue weighted by Crippen LogP contribution is 2.49. The first kappa shape index (κ1) is 14.5. The summed E-state index contributed by atoms with van der Waals surface area (Å²) in [4.78, 5) is 12.1. The SMILES string of the molecule is CC(NC(=O)Cn1cc(CCO)nn1)C1CC2CCC1C2. The largest absolute Gasteiger partial charge is 0.396 e. The molecule has 21 heavy (non-hydrogen) atoms. The third kappa shape index (κ3) is 3.26. The fourth-order valence-electron chi connectivity index (χ4n) is 4.10. The minimum Gasteiger partial charge on any atom is -0.396 e. The highest BCUT2D eigenvalue weighted by molar-refractivity contribution is 5.75. The van der Waals surface area contributed by atoms with E-state index in [-0.39, 0.29) is 25.1 Å². The zero-order chi connectivity index (χ0) is 14.8. The number of amides is 1. The van der Waals surface area contributed by atoms with Crippen molar-refractivity contribution >= 4 is 5.91 Å². The maximum Gasteiger partial charge on any atom is 0.242 e. The highest BCUT2D eigenvalue weighted by atomic mass is 16.3. The number of rotatable bonds is 6. The van der Waals surface area contributed by atoms with Gasteiger partial charge < -0.3 is 10.4 Å². The number of aromatic nitrogens is 3. The third-order valence-electron chi connectivity index (χ3n) is 5.08. The molecule has 1 amide bonds. The Hall–Kier alpha value is -1.43. The van der Waals surface area contributed by atoms with Crippen LogP contribution in [0, 0.1) is 17.8 Å². The van der Waals surface area contributed by atoms with Gasteiger partial charge in [-0.2, -0.15) is 0 Å². The van der Waals surface area contributed by atoms with Gasteiger partial charge in [0, 0.05) is 25.3 Å². The van der Waals surface area contributed by atoms with Gasteiger partial charge in [0.2, 0.25) is 5.91 Å². The van der Waals surface area contributed by atoms with Gasteiger partial charge in [0.25, 0.3) is 0 Å². The van der Waals surface area contributed by atoms with E-state index >= 15 is 0 Å². The molecule has 2 N–H and O–H groups in total. The van der Waals surface area contributed by atoms with Crippen LogP contribution >= 0.6 is 0 Å². The van der Waals surface area contributed by atoms with Crippen molar-refractivity contribution in [2.24, 2.45) is 17.8 Å². The summed E-state index contributed by atoms with van der Waals surface area (Å²) in [7, 11) is 0. The summed E-state index contributed by atoms with van der Waals surface area (Å²) >= 11 is 0. The van der Waals surface area contributed by atoms with Crippen molar-refractivity contribution in [1.29, 1.82) is 0 Å². The lowest BCUT2D eigenvalue weighted by Gasteiger charge is -2.28. The molecule has 2 bridgehead atoms. The minimum absolute atomic E-state index is 0.00859. The van der Waals surface area contributed by atoms with Gasteiger partial charge in [-0.25, -0.2) is 4.68 Å². The predicted molar refractivity (Wildman–Crippen MR) is 77.4 cm³/mol. The van der Waals surface area contributed by atoms with Crippen molar-refractivity contribution in [3.05, 3.63) is 11.9 Å². The quantitative estimate of drug-likeness (QED) is 0.811. The van der Waals surface area contributed by atoms with E-state index in [1.165, 1.54) is 30.4 Å². The topological polar surface area (TPSA) is 80.0 Å². The summed E-state index contributed by atoms with van der Waals surface area (Å²) in [6.07, 6.45) is 7.55. The monoisotopic (exact) mass is 292 g/mol. The van der Waals surface area contributed by atoms with Crippen LogP contribution in [0.15, 0.2) is 6.20 Å². The van der Waals surface area contributed by atoms with Crippen LogP contribution < -0.4 is 5.32 Å². The molecule has 2 aliphatic carbocycles. The number of nitrogens with one attached hydrogen (secondary N) is 1. The summed E-state index contributed by atoms with van der Waals surface area (Å²) in [5.41, 5.74) is 0.714. The van der Waals surface area contributed by atoms with Gasteiger partial charge in [0.15, 0.2) is 0 Å². The average molecular weight is 292 g/mol.